The van der Waals surface area contributed by atoms with Crippen LogP contribution in [0.15, 0.2) is 34.9 Å². The zero-order chi connectivity index (χ0) is 13.2. The van der Waals surface area contributed by atoms with Crippen LogP contribution in [0.4, 0.5) is 5.69 Å². The van der Waals surface area contributed by atoms with Gasteiger partial charge in [-0.1, -0.05) is 6.07 Å². The number of amides is 1. The van der Waals surface area contributed by atoms with Crippen molar-refractivity contribution in [2.24, 2.45) is 0 Å². The third-order valence-electron chi connectivity index (χ3n) is 3.42. The lowest BCUT2D eigenvalue weighted by Crippen LogP contribution is -2.23. The number of carbonyl (C=O) groups excluding carboxylic acids is 1. The molecule has 0 spiro atoms. The number of anilines is 1. The summed E-state index contributed by atoms with van der Waals surface area (Å²) < 4.78 is 5.19. The Morgan fingerprint density at radius 2 is 2.21 bits per heavy atom. The van der Waals surface area contributed by atoms with E-state index in [4.69, 9.17) is 4.42 Å². The van der Waals surface area contributed by atoms with E-state index in [9.17, 15) is 4.79 Å². The molecule has 0 fully saturated rings. The number of fused-ring (bicyclic) bond motifs is 1. The highest BCUT2D eigenvalue weighted by Gasteiger charge is 2.14. The topological polar surface area (TPSA) is 54.3 Å². The minimum absolute atomic E-state index is 0.203. The van der Waals surface area contributed by atoms with Crippen LogP contribution >= 0.6 is 0 Å². The number of hydrogen-bond acceptors (Lipinski definition) is 3. The van der Waals surface area contributed by atoms with Gasteiger partial charge in [-0.05, 0) is 49.2 Å². The molecule has 2 heterocycles. The monoisotopic (exact) mass is 256 g/mol. The third-order valence-corrected chi connectivity index (χ3v) is 3.42. The van der Waals surface area contributed by atoms with E-state index in [2.05, 4.69) is 16.7 Å². The normalized spacial score (nSPS) is 13.9. The zero-order valence-electron chi connectivity index (χ0n) is 10.8. The first-order chi connectivity index (χ1) is 9.24. The van der Waals surface area contributed by atoms with Gasteiger partial charge in [0.05, 0.1) is 6.26 Å². The third kappa shape index (κ3) is 2.39. The highest BCUT2D eigenvalue weighted by Crippen LogP contribution is 2.20. The zero-order valence-corrected chi connectivity index (χ0v) is 10.8. The summed E-state index contributed by atoms with van der Waals surface area (Å²) in [6.07, 6.45) is 2.57. The summed E-state index contributed by atoms with van der Waals surface area (Å²) in [5.74, 6) is 0.169. The Hall–Kier alpha value is -2.07. The van der Waals surface area contributed by atoms with Crippen molar-refractivity contribution in [3.8, 4) is 0 Å². The maximum Gasteiger partial charge on any atom is 0.291 e. The number of nitrogens with one attached hydrogen (secondary N) is 2. The maximum absolute atomic E-state index is 12.0. The van der Waals surface area contributed by atoms with E-state index in [1.165, 1.54) is 17.4 Å². The minimum Gasteiger partial charge on any atom is -0.459 e. The standard InChI is InChI=1S/C15H16N2O2/c1-10-5-7-19-14(10)15(18)17-13-3-2-11-4-6-16-9-12(11)8-13/h2-3,5,7-8,16H,4,6,9H2,1H3,(H,17,18). The summed E-state index contributed by atoms with van der Waals surface area (Å²) in [4.78, 5) is 12.0. The quantitative estimate of drug-likeness (QED) is 0.868. The molecule has 1 amide bonds. The van der Waals surface area contributed by atoms with E-state index < -0.39 is 0 Å². The summed E-state index contributed by atoms with van der Waals surface area (Å²) in [5, 5.41) is 6.20. The summed E-state index contributed by atoms with van der Waals surface area (Å²) in [6.45, 7) is 3.73. The lowest BCUT2D eigenvalue weighted by atomic mass is 10.0. The Labute approximate surface area is 111 Å². The van der Waals surface area contributed by atoms with Gasteiger partial charge in [-0.25, -0.2) is 0 Å². The molecule has 0 saturated heterocycles. The van der Waals surface area contributed by atoms with Crippen LogP contribution in [0.2, 0.25) is 0 Å². The molecule has 0 bridgehead atoms. The number of hydrogen-bond donors (Lipinski definition) is 2. The number of benzene rings is 1. The SMILES string of the molecule is Cc1ccoc1C(=O)Nc1ccc2c(c1)CNCC2. The highest BCUT2D eigenvalue weighted by molar-refractivity contribution is 6.03. The summed E-state index contributed by atoms with van der Waals surface area (Å²) in [7, 11) is 0. The van der Waals surface area contributed by atoms with Gasteiger partial charge in [0.2, 0.25) is 0 Å². The van der Waals surface area contributed by atoms with Gasteiger partial charge in [-0.3, -0.25) is 4.79 Å². The first-order valence-electron chi connectivity index (χ1n) is 6.42. The van der Waals surface area contributed by atoms with Gasteiger partial charge in [0.1, 0.15) is 0 Å². The molecule has 1 aromatic heterocycles. The molecule has 19 heavy (non-hydrogen) atoms. The molecule has 98 valence electrons. The predicted molar refractivity (Wildman–Crippen MR) is 73.3 cm³/mol. The van der Waals surface area contributed by atoms with Crippen molar-refractivity contribution in [2.75, 3.05) is 11.9 Å². The van der Waals surface area contributed by atoms with Crippen LogP contribution in [0.1, 0.15) is 27.2 Å². The van der Waals surface area contributed by atoms with Gasteiger partial charge in [0.15, 0.2) is 5.76 Å². The van der Waals surface area contributed by atoms with Crippen LogP contribution in [-0.2, 0) is 13.0 Å². The van der Waals surface area contributed by atoms with Crippen LogP contribution in [0.3, 0.4) is 0 Å². The summed E-state index contributed by atoms with van der Waals surface area (Å²) >= 11 is 0. The average Bonchev–Trinajstić information content (AvgIpc) is 2.85. The van der Waals surface area contributed by atoms with Crippen molar-refractivity contribution < 1.29 is 9.21 Å². The van der Waals surface area contributed by atoms with Crippen LogP contribution < -0.4 is 10.6 Å². The van der Waals surface area contributed by atoms with Gasteiger partial charge >= 0.3 is 0 Å². The molecule has 0 aliphatic carbocycles. The molecule has 1 aromatic carbocycles. The van der Waals surface area contributed by atoms with Crippen LogP contribution in [0, 0.1) is 6.92 Å². The van der Waals surface area contributed by atoms with Crippen molar-refractivity contribution in [1.29, 1.82) is 0 Å². The van der Waals surface area contributed by atoms with Gasteiger partial charge in [-0.15, -0.1) is 0 Å². The Morgan fingerprint density at radius 3 is 3.00 bits per heavy atom. The van der Waals surface area contributed by atoms with E-state index >= 15 is 0 Å². The number of furan rings is 1. The van der Waals surface area contributed by atoms with E-state index in [1.54, 1.807) is 6.07 Å². The fraction of sp³-hybridized carbons (Fsp3) is 0.267. The van der Waals surface area contributed by atoms with Crippen molar-refractivity contribution in [2.45, 2.75) is 19.9 Å². The largest absolute Gasteiger partial charge is 0.459 e. The molecular weight excluding hydrogens is 240 g/mol. The van der Waals surface area contributed by atoms with E-state index in [1.807, 2.05) is 19.1 Å². The average molecular weight is 256 g/mol. The van der Waals surface area contributed by atoms with Crippen molar-refractivity contribution in [1.82, 2.24) is 5.32 Å². The predicted octanol–water partition coefficient (Wildman–Crippen LogP) is 2.49. The molecule has 0 atom stereocenters. The van der Waals surface area contributed by atoms with E-state index in [-0.39, 0.29) is 5.91 Å². The molecule has 2 N–H and O–H groups in total. The van der Waals surface area contributed by atoms with Crippen LogP contribution in [0.5, 0.6) is 0 Å². The number of carbonyl (C=O) groups is 1. The van der Waals surface area contributed by atoms with E-state index in [0.29, 0.717) is 5.76 Å². The van der Waals surface area contributed by atoms with Crippen molar-refractivity contribution in [3.05, 3.63) is 53.0 Å². The second kappa shape index (κ2) is 4.90. The lowest BCUT2D eigenvalue weighted by Gasteiger charge is -2.18. The van der Waals surface area contributed by atoms with Gasteiger partial charge in [0, 0.05) is 17.8 Å². The highest BCUT2D eigenvalue weighted by atomic mass is 16.3. The Bertz CT molecular complexity index is 616. The summed E-state index contributed by atoms with van der Waals surface area (Å²) in [6, 6.07) is 7.84. The Morgan fingerprint density at radius 1 is 1.32 bits per heavy atom. The lowest BCUT2D eigenvalue weighted by molar-refractivity contribution is 0.0996. The van der Waals surface area contributed by atoms with Gasteiger partial charge < -0.3 is 15.1 Å². The van der Waals surface area contributed by atoms with Gasteiger partial charge in [0.25, 0.3) is 5.91 Å². The fourth-order valence-corrected chi connectivity index (χ4v) is 2.35. The Balaban J connectivity index is 1.80. The Kier molecular flexibility index (Phi) is 3.09. The first kappa shape index (κ1) is 12.0. The molecule has 4 nitrogen and oxygen atoms in total. The smallest absolute Gasteiger partial charge is 0.291 e. The molecule has 0 unspecified atom stereocenters. The van der Waals surface area contributed by atoms with E-state index in [0.717, 1.165) is 30.8 Å². The first-order valence-corrected chi connectivity index (χ1v) is 6.42. The molecule has 2 aromatic rings. The number of aryl methyl sites for hydroxylation is 1. The second-order valence-corrected chi connectivity index (χ2v) is 4.80. The molecule has 0 saturated carbocycles. The molecule has 4 heteroatoms. The molecule has 1 aliphatic heterocycles. The molecule has 3 rings (SSSR count). The fourth-order valence-electron chi connectivity index (χ4n) is 2.35. The molecule has 0 radical (unpaired) electrons. The maximum atomic E-state index is 12.0. The second-order valence-electron chi connectivity index (χ2n) is 4.80. The molecule has 1 aliphatic rings. The number of rotatable bonds is 2. The summed E-state index contributed by atoms with van der Waals surface area (Å²) in [5.41, 5.74) is 4.26. The van der Waals surface area contributed by atoms with Gasteiger partial charge in [-0.2, -0.15) is 0 Å². The molecular formula is C15H16N2O2. The van der Waals surface area contributed by atoms with Crippen molar-refractivity contribution >= 4 is 11.6 Å². The van der Waals surface area contributed by atoms with Crippen molar-refractivity contribution in [3.63, 3.8) is 0 Å². The van der Waals surface area contributed by atoms with Crippen LogP contribution in [0.25, 0.3) is 0 Å². The minimum atomic E-state index is -0.203. The van der Waals surface area contributed by atoms with Crippen LogP contribution in [-0.4, -0.2) is 12.5 Å².